The van der Waals surface area contributed by atoms with E-state index in [1.807, 2.05) is 0 Å². The monoisotopic (exact) mass is 210 g/mol. The van der Waals surface area contributed by atoms with Crippen LogP contribution in [0.5, 0.6) is 0 Å². The molecule has 4 heteroatoms. The van der Waals surface area contributed by atoms with Gasteiger partial charge in [0.25, 0.3) is 0 Å². The van der Waals surface area contributed by atoms with E-state index in [2.05, 4.69) is 15.9 Å². The van der Waals surface area contributed by atoms with Crippen LogP contribution in [0, 0.1) is 17.5 Å². The van der Waals surface area contributed by atoms with E-state index in [0.29, 0.717) is 6.07 Å². The second kappa shape index (κ2) is 2.62. The van der Waals surface area contributed by atoms with E-state index in [1.54, 1.807) is 0 Å². The maximum atomic E-state index is 12.3. The SMILES string of the molecule is Fc1cc(F)c(F)c(Br)c1. The minimum absolute atomic E-state index is 0.204. The van der Waals surface area contributed by atoms with Gasteiger partial charge in [-0.2, -0.15) is 0 Å². The molecule has 0 saturated carbocycles. The molecule has 0 spiro atoms. The van der Waals surface area contributed by atoms with Crippen molar-refractivity contribution in [3.8, 4) is 0 Å². The topological polar surface area (TPSA) is 0 Å². The Morgan fingerprint density at radius 1 is 1.10 bits per heavy atom. The molecule has 0 fully saturated rings. The number of hydrogen-bond donors (Lipinski definition) is 0. The van der Waals surface area contributed by atoms with Crippen molar-refractivity contribution in [1.29, 1.82) is 0 Å². The third-order valence-electron chi connectivity index (χ3n) is 0.949. The predicted molar refractivity (Wildman–Crippen MR) is 34.0 cm³/mol. The van der Waals surface area contributed by atoms with Crippen molar-refractivity contribution in [2.24, 2.45) is 0 Å². The first-order valence-corrected chi connectivity index (χ1v) is 3.20. The van der Waals surface area contributed by atoms with Crippen molar-refractivity contribution in [2.45, 2.75) is 0 Å². The lowest BCUT2D eigenvalue weighted by molar-refractivity contribution is 0.490. The van der Waals surface area contributed by atoms with Crippen LogP contribution in [0.15, 0.2) is 16.6 Å². The fourth-order valence-electron chi connectivity index (χ4n) is 0.525. The van der Waals surface area contributed by atoms with Gasteiger partial charge in [0.1, 0.15) is 5.82 Å². The van der Waals surface area contributed by atoms with Gasteiger partial charge in [-0.05, 0) is 22.0 Å². The van der Waals surface area contributed by atoms with Crippen LogP contribution >= 0.6 is 15.9 Å². The average Bonchev–Trinajstić information content (AvgIpc) is 1.82. The summed E-state index contributed by atoms with van der Waals surface area (Å²) in [5, 5.41) is 0. The number of hydrogen-bond acceptors (Lipinski definition) is 0. The second-order valence-corrected chi connectivity index (χ2v) is 2.54. The van der Waals surface area contributed by atoms with Crippen LogP contribution in [0.1, 0.15) is 0 Å². The zero-order chi connectivity index (χ0) is 7.72. The molecular formula is C6H2BrF3. The lowest BCUT2D eigenvalue weighted by Gasteiger charge is -1.94. The standard InChI is InChI=1S/C6H2BrF3/c7-4-1-3(8)2-5(9)6(4)10/h1-2H. The van der Waals surface area contributed by atoms with E-state index < -0.39 is 17.5 Å². The largest absolute Gasteiger partial charge is 0.207 e. The summed E-state index contributed by atoms with van der Waals surface area (Å²) in [7, 11) is 0. The molecule has 0 aliphatic carbocycles. The van der Waals surface area contributed by atoms with Crippen LogP contribution in [0.4, 0.5) is 13.2 Å². The van der Waals surface area contributed by atoms with E-state index in [4.69, 9.17) is 0 Å². The van der Waals surface area contributed by atoms with Crippen molar-refractivity contribution in [3.05, 3.63) is 34.1 Å². The van der Waals surface area contributed by atoms with Crippen molar-refractivity contribution < 1.29 is 13.2 Å². The molecule has 0 unspecified atom stereocenters. The highest BCUT2D eigenvalue weighted by atomic mass is 79.9. The summed E-state index contributed by atoms with van der Waals surface area (Å²) in [4.78, 5) is 0. The highest BCUT2D eigenvalue weighted by Gasteiger charge is 2.07. The molecule has 0 radical (unpaired) electrons. The van der Waals surface area contributed by atoms with Crippen LogP contribution in [0.3, 0.4) is 0 Å². The van der Waals surface area contributed by atoms with Crippen molar-refractivity contribution in [2.75, 3.05) is 0 Å². The van der Waals surface area contributed by atoms with Crippen molar-refractivity contribution >= 4 is 15.9 Å². The molecule has 0 aliphatic rings. The second-order valence-electron chi connectivity index (χ2n) is 1.68. The fraction of sp³-hybridized carbons (Fsp3) is 0. The summed E-state index contributed by atoms with van der Waals surface area (Å²) >= 11 is 2.64. The van der Waals surface area contributed by atoms with Gasteiger partial charge in [0.15, 0.2) is 11.6 Å². The third-order valence-corrected chi connectivity index (χ3v) is 1.53. The molecular weight excluding hydrogens is 209 g/mol. The first-order valence-electron chi connectivity index (χ1n) is 2.41. The third kappa shape index (κ3) is 1.31. The number of benzene rings is 1. The molecule has 54 valence electrons. The zero-order valence-electron chi connectivity index (χ0n) is 4.67. The maximum absolute atomic E-state index is 12.3. The van der Waals surface area contributed by atoms with Gasteiger partial charge in [-0.25, -0.2) is 13.2 Å². The Morgan fingerprint density at radius 3 is 2.20 bits per heavy atom. The number of halogens is 4. The van der Waals surface area contributed by atoms with E-state index in [-0.39, 0.29) is 4.47 Å². The maximum Gasteiger partial charge on any atom is 0.173 e. The van der Waals surface area contributed by atoms with Crippen LogP contribution in [-0.4, -0.2) is 0 Å². The minimum atomic E-state index is -1.19. The quantitative estimate of drug-likeness (QED) is 0.457. The van der Waals surface area contributed by atoms with Gasteiger partial charge in [0, 0.05) is 6.07 Å². The van der Waals surface area contributed by atoms with E-state index >= 15 is 0 Å². The van der Waals surface area contributed by atoms with E-state index in [0.717, 1.165) is 6.07 Å². The van der Waals surface area contributed by atoms with Gasteiger partial charge in [-0.3, -0.25) is 0 Å². The Labute approximate surface area is 63.8 Å². The molecule has 0 atom stereocenters. The highest BCUT2D eigenvalue weighted by Crippen LogP contribution is 2.18. The summed E-state index contributed by atoms with van der Waals surface area (Å²) < 4.78 is 36.5. The molecule has 0 nitrogen and oxygen atoms in total. The van der Waals surface area contributed by atoms with Gasteiger partial charge < -0.3 is 0 Å². The van der Waals surface area contributed by atoms with Crippen LogP contribution < -0.4 is 0 Å². The Bertz CT molecular complexity index is 236. The predicted octanol–water partition coefficient (Wildman–Crippen LogP) is 2.87. The molecule has 0 amide bonds. The smallest absolute Gasteiger partial charge is 0.173 e. The first kappa shape index (κ1) is 7.60. The van der Waals surface area contributed by atoms with Gasteiger partial charge in [-0.15, -0.1) is 0 Å². The summed E-state index contributed by atoms with van der Waals surface area (Å²) in [6.07, 6.45) is 0. The molecule has 10 heavy (non-hydrogen) atoms. The highest BCUT2D eigenvalue weighted by molar-refractivity contribution is 9.10. The Kier molecular flexibility index (Phi) is 1.99. The van der Waals surface area contributed by atoms with Crippen molar-refractivity contribution in [1.82, 2.24) is 0 Å². The molecule has 0 aliphatic heterocycles. The lowest BCUT2D eigenvalue weighted by Crippen LogP contribution is -1.86. The van der Waals surface area contributed by atoms with Crippen molar-refractivity contribution in [3.63, 3.8) is 0 Å². The Morgan fingerprint density at radius 2 is 1.70 bits per heavy atom. The van der Waals surface area contributed by atoms with Crippen LogP contribution in [-0.2, 0) is 0 Å². The summed E-state index contributed by atoms with van der Waals surface area (Å²) in [6, 6.07) is 1.35. The Balaban J connectivity index is 3.31. The van der Waals surface area contributed by atoms with Gasteiger partial charge in [0.05, 0.1) is 4.47 Å². The molecule has 0 heterocycles. The zero-order valence-corrected chi connectivity index (χ0v) is 6.25. The summed E-state index contributed by atoms with van der Waals surface area (Å²) in [5.74, 6) is -3.06. The summed E-state index contributed by atoms with van der Waals surface area (Å²) in [6.45, 7) is 0. The molecule has 0 saturated heterocycles. The minimum Gasteiger partial charge on any atom is -0.207 e. The molecule has 0 N–H and O–H groups in total. The lowest BCUT2D eigenvalue weighted by atomic mass is 10.3. The van der Waals surface area contributed by atoms with Crippen LogP contribution in [0.25, 0.3) is 0 Å². The first-order chi connectivity index (χ1) is 4.61. The normalized spacial score (nSPS) is 10.0. The van der Waals surface area contributed by atoms with Crippen LogP contribution in [0.2, 0.25) is 0 Å². The average molecular weight is 211 g/mol. The molecule has 0 bridgehead atoms. The van der Waals surface area contributed by atoms with E-state index in [1.165, 1.54) is 0 Å². The van der Waals surface area contributed by atoms with E-state index in [9.17, 15) is 13.2 Å². The fourth-order valence-corrected chi connectivity index (χ4v) is 0.933. The summed E-state index contributed by atoms with van der Waals surface area (Å²) in [5.41, 5.74) is 0. The van der Waals surface area contributed by atoms with Gasteiger partial charge >= 0.3 is 0 Å². The molecule has 1 rings (SSSR count). The molecule has 0 aromatic heterocycles. The molecule has 1 aromatic carbocycles. The number of rotatable bonds is 0. The van der Waals surface area contributed by atoms with Gasteiger partial charge in [0.2, 0.25) is 0 Å². The molecule has 1 aromatic rings. The Hall–Kier alpha value is -0.510. The van der Waals surface area contributed by atoms with Gasteiger partial charge in [-0.1, -0.05) is 0 Å².